The number of benzene rings is 2. The molecule has 2 amide bonds. The van der Waals surface area contributed by atoms with Gasteiger partial charge in [-0.05, 0) is 36.1 Å². The topological polar surface area (TPSA) is 102 Å². The number of nitrogens with one attached hydrogen (secondary N) is 2. The van der Waals surface area contributed by atoms with Crippen LogP contribution in [0.5, 0.6) is 5.75 Å². The maximum atomic E-state index is 12.8. The predicted molar refractivity (Wildman–Crippen MR) is 119 cm³/mol. The van der Waals surface area contributed by atoms with Crippen molar-refractivity contribution in [3.63, 3.8) is 0 Å². The molecule has 0 heterocycles. The second-order valence-electron chi connectivity index (χ2n) is 7.18. The van der Waals surface area contributed by atoms with Gasteiger partial charge in [-0.25, -0.2) is 8.42 Å². The SMILES string of the molecule is CCC(C(=O)Nc1ccccc1C(C)C)S(=O)(=O)CC(=O)Nc1ccccc1OC. The van der Waals surface area contributed by atoms with Crippen LogP contribution in [0.2, 0.25) is 0 Å². The Balaban J connectivity index is 2.14. The first-order valence-electron chi connectivity index (χ1n) is 9.73. The lowest BCUT2D eigenvalue weighted by atomic mass is 10.0. The van der Waals surface area contributed by atoms with E-state index in [1.165, 1.54) is 7.11 Å². The minimum atomic E-state index is -4.03. The maximum Gasteiger partial charge on any atom is 0.242 e. The van der Waals surface area contributed by atoms with Gasteiger partial charge in [0.2, 0.25) is 11.8 Å². The van der Waals surface area contributed by atoms with Gasteiger partial charge in [0, 0.05) is 5.69 Å². The van der Waals surface area contributed by atoms with E-state index >= 15 is 0 Å². The van der Waals surface area contributed by atoms with Gasteiger partial charge in [0.05, 0.1) is 12.8 Å². The summed E-state index contributed by atoms with van der Waals surface area (Å²) in [4.78, 5) is 25.1. The average Bonchev–Trinajstić information content (AvgIpc) is 2.68. The predicted octanol–water partition coefficient (Wildman–Crippen LogP) is 3.59. The van der Waals surface area contributed by atoms with Crippen molar-refractivity contribution in [3.05, 3.63) is 54.1 Å². The number of rotatable bonds is 9. The van der Waals surface area contributed by atoms with Gasteiger partial charge in [-0.3, -0.25) is 9.59 Å². The summed E-state index contributed by atoms with van der Waals surface area (Å²) in [5.74, 6) is -1.60. The molecular formula is C22H28N2O5S. The molecule has 2 N–H and O–H groups in total. The zero-order chi connectivity index (χ0) is 22.3. The first-order valence-corrected chi connectivity index (χ1v) is 11.4. The summed E-state index contributed by atoms with van der Waals surface area (Å²) in [7, 11) is -2.58. The number of methoxy groups -OCH3 is 1. The van der Waals surface area contributed by atoms with Gasteiger partial charge >= 0.3 is 0 Å². The number of carbonyl (C=O) groups excluding carboxylic acids is 2. The highest BCUT2D eigenvalue weighted by molar-refractivity contribution is 7.93. The van der Waals surface area contributed by atoms with Crippen LogP contribution in [0.15, 0.2) is 48.5 Å². The van der Waals surface area contributed by atoms with Crippen molar-refractivity contribution >= 4 is 33.0 Å². The number of carbonyl (C=O) groups is 2. The maximum absolute atomic E-state index is 12.8. The summed E-state index contributed by atoms with van der Waals surface area (Å²) in [6, 6.07) is 13.9. The van der Waals surface area contributed by atoms with E-state index in [1.807, 2.05) is 26.0 Å². The van der Waals surface area contributed by atoms with Crippen molar-refractivity contribution < 1.29 is 22.7 Å². The van der Waals surface area contributed by atoms with E-state index in [2.05, 4.69) is 10.6 Å². The second kappa shape index (κ2) is 10.2. The van der Waals surface area contributed by atoms with Crippen LogP contribution in [-0.4, -0.2) is 38.3 Å². The number of hydrogen-bond acceptors (Lipinski definition) is 5. The Morgan fingerprint density at radius 1 is 0.967 bits per heavy atom. The summed E-state index contributed by atoms with van der Waals surface area (Å²) < 4.78 is 30.8. The Morgan fingerprint density at radius 3 is 2.17 bits per heavy atom. The van der Waals surface area contributed by atoms with E-state index in [0.29, 0.717) is 17.1 Å². The molecule has 2 aromatic rings. The number of amides is 2. The number of ether oxygens (including phenoxy) is 1. The lowest BCUT2D eigenvalue weighted by Gasteiger charge is -2.18. The lowest BCUT2D eigenvalue weighted by molar-refractivity contribution is -0.115. The van der Waals surface area contributed by atoms with Gasteiger partial charge in [0.25, 0.3) is 0 Å². The fraction of sp³-hybridized carbons (Fsp3) is 0.364. The van der Waals surface area contributed by atoms with E-state index < -0.39 is 32.7 Å². The molecule has 0 bridgehead atoms. The largest absolute Gasteiger partial charge is 0.495 e. The highest BCUT2D eigenvalue weighted by Gasteiger charge is 2.33. The smallest absolute Gasteiger partial charge is 0.242 e. The molecule has 1 atom stereocenters. The first kappa shape index (κ1) is 23.4. The van der Waals surface area contributed by atoms with Gasteiger partial charge in [-0.1, -0.05) is 51.1 Å². The quantitative estimate of drug-likeness (QED) is 0.631. The zero-order valence-corrected chi connectivity index (χ0v) is 18.5. The molecule has 0 aliphatic heterocycles. The number of sulfone groups is 1. The van der Waals surface area contributed by atoms with Gasteiger partial charge < -0.3 is 15.4 Å². The molecule has 2 aromatic carbocycles. The van der Waals surface area contributed by atoms with E-state index in [1.54, 1.807) is 43.3 Å². The Bertz CT molecular complexity index is 1000. The molecule has 30 heavy (non-hydrogen) atoms. The summed E-state index contributed by atoms with van der Waals surface area (Å²) in [6.45, 7) is 5.58. The molecule has 1 unspecified atom stereocenters. The second-order valence-corrected chi connectivity index (χ2v) is 9.37. The van der Waals surface area contributed by atoms with E-state index in [9.17, 15) is 18.0 Å². The van der Waals surface area contributed by atoms with Crippen LogP contribution in [0.25, 0.3) is 0 Å². The zero-order valence-electron chi connectivity index (χ0n) is 17.6. The van der Waals surface area contributed by atoms with Crippen molar-refractivity contribution in [1.29, 1.82) is 0 Å². The summed E-state index contributed by atoms with van der Waals surface area (Å²) >= 11 is 0. The van der Waals surface area contributed by atoms with Gasteiger partial charge in [-0.2, -0.15) is 0 Å². The number of hydrogen-bond donors (Lipinski definition) is 2. The van der Waals surface area contributed by atoms with Crippen LogP contribution in [0, 0.1) is 0 Å². The van der Waals surface area contributed by atoms with Crippen molar-refractivity contribution in [3.8, 4) is 5.75 Å². The molecule has 8 heteroatoms. The van der Waals surface area contributed by atoms with Crippen molar-refractivity contribution in [1.82, 2.24) is 0 Å². The minimum absolute atomic E-state index is 0.0555. The number of para-hydroxylation sites is 3. The van der Waals surface area contributed by atoms with Gasteiger partial charge in [-0.15, -0.1) is 0 Å². The molecular weight excluding hydrogens is 404 g/mol. The van der Waals surface area contributed by atoms with Crippen LogP contribution < -0.4 is 15.4 Å². The van der Waals surface area contributed by atoms with Crippen molar-refractivity contribution in [2.24, 2.45) is 0 Å². The minimum Gasteiger partial charge on any atom is -0.495 e. The van der Waals surface area contributed by atoms with Crippen LogP contribution in [0.3, 0.4) is 0 Å². The van der Waals surface area contributed by atoms with E-state index in [0.717, 1.165) is 5.56 Å². The highest BCUT2D eigenvalue weighted by atomic mass is 32.2. The summed E-state index contributed by atoms with van der Waals surface area (Å²) in [5, 5.41) is 3.92. The molecule has 162 valence electrons. The third-order valence-corrected chi connectivity index (χ3v) is 6.73. The molecule has 0 saturated heterocycles. The fourth-order valence-corrected chi connectivity index (χ4v) is 4.68. The van der Waals surface area contributed by atoms with Crippen molar-refractivity contribution in [2.45, 2.75) is 38.4 Å². The molecule has 0 saturated carbocycles. The van der Waals surface area contributed by atoms with E-state index in [-0.39, 0.29) is 12.3 Å². The molecule has 7 nitrogen and oxygen atoms in total. The highest BCUT2D eigenvalue weighted by Crippen LogP contribution is 2.25. The Hall–Kier alpha value is -2.87. The van der Waals surface area contributed by atoms with Crippen LogP contribution in [-0.2, 0) is 19.4 Å². The van der Waals surface area contributed by atoms with Gasteiger partial charge in [0.15, 0.2) is 9.84 Å². The Morgan fingerprint density at radius 2 is 1.57 bits per heavy atom. The van der Waals surface area contributed by atoms with E-state index in [4.69, 9.17) is 4.74 Å². The normalized spacial score (nSPS) is 12.3. The third-order valence-electron chi connectivity index (χ3n) is 4.65. The fourth-order valence-electron chi connectivity index (χ4n) is 3.15. The monoisotopic (exact) mass is 432 g/mol. The van der Waals surface area contributed by atoms with Crippen LogP contribution >= 0.6 is 0 Å². The molecule has 0 fully saturated rings. The van der Waals surface area contributed by atoms with Crippen LogP contribution in [0.1, 0.15) is 38.7 Å². The molecule has 0 aliphatic rings. The average molecular weight is 433 g/mol. The number of anilines is 2. The third kappa shape index (κ3) is 5.82. The molecule has 0 radical (unpaired) electrons. The molecule has 0 aliphatic carbocycles. The first-order chi connectivity index (χ1) is 14.2. The molecule has 0 aromatic heterocycles. The summed E-state index contributed by atoms with van der Waals surface area (Å²) in [6.07, 6.45) is 0.0555. The molecule has 2 rings (SSSR count). The summed E-state index contributed by atoms with van der Waals surface area (Å²) in [5.41, 5.74) is 1.85. The lowest BCUT2D eigenvalue weighted by Crippen LogP contribution is -2.39. The van der Waals surface area contributed by atoms with Gasteiger partial charge in [0.1, 0.15) is 16.8 Å². The van der Waals surface area contributed by atoms with Crippen LogP contribution in [0.4, 0.5) is 11.4 Å². The Labute approximate surface area is 177 Å². The van der Waals surface area contributed by atoms with Crippen molar-refractivity contribution in [2.75, 3.05) is 23.5 Å². The standard InChI is InChI=1S/C22H28N2O5S/c1-5-20(22(26)24-17-11-7-6-10-16(17)15(2)3)30(27,28)14-21(25)23-18-12-8-9-13-19(18)29-4/h6-13,15,20H,5,14H2,1-4H3,(H,23,25)(H,24,26). The molecule has 0 spiro atoms. The Kier molecular flexibility index (Phi) is 8.00.